The molecule has 3 rings (SSSR count). The number of carbonyl (C=O) groups excluding carboxylic acids is 2. The van der Waals surface area contributed by atoms with E-state index in [0.29, 0.717) is 22.6 Å². The Kier molecular flexibility index (Phi) is 7.44. The standard InChI is InChI=1S/C22H18N4O5S/c27-20(11-6-15-3-1-4-18(13-15)26(29)30)25-22(32)24-17-9-7-16(8-10-17)21(28)23-14-19-5-2-12-31-19/h1-13H,14H2,(H,23,28)(H2,24,25,27,32)/b11-6+. The first kappa shape index (κ1) is 22.4. The van der Waals surface area contributed by atoms with Gasteiger partial charge in [-0.15, -0.1) is 0 Å². The van der Waals surface area contributed by atoms with E-state index in [2.05, 4.69) is 16.0 Å². The fourth-order valence-electron chi connectivity index (χ4n) is 2.62. The first-order chi connectivity index (χ1) is 15.4. The third-order valence-corrected chi connectivity index (χ3v) is 4.36. The number of rotatable bonds is 7. The minimum Gasteiger partial charge on any atom is -0.467 e. The Balaban J connectivity index is 1.48. The fraction of sp³-hybridized carbons (Fsp3) is 0.0455. The van der Waals surface area contributed by atoms with Crippen LogP contribution < -0.4 is 16.0 Å². The molecule has 1 heterocycles. The number of thiocarbonyl (C=S) groups is 1. The third kappa shape index (κ3) is 6.61. The second-order valence-corrected chi connectivity index (χ2v) is 6.88. The van der Waals surface area contributed by atoms with Gasteiger partial charge in [-0.05, 0) is 60.3 Å². The summed E-state index contributed by atoms with van der Waals surface area (Å²) in [6, 6.07) is 15.9. The number of nitro benzene ring substituents is 1. The van der Waals surface area contributed by atoms with Gasteiger partial charge in [-0.3, -0.25) is 25.0 Å². The second-order valence-electron chi connectivity index (χ2n) is 6.47. The van der Waals surface area contributed by atoms with Gasteiger partial charge in [0.2, 0.25) is 5.91 Å². The van der Waals surface area contributed by atoms with Gasteiger partial charge >= 0.3 is 0 Å². The van der Waals surface area contributed by atoms with Crippen LogP contribution >= 0.6 is 12.2 Å². The van der Waals surface area contributed by atoms with E-state index in [1.54, 1.807) is 42.5 Å². The van der Waals surface area contributed by atoms with Gasteiger partial charge in [0.15, 0.2) is 5.11 Å². The number of hydrogen-bond donors (Lipinski definition) is 3. The lowest BCUT2D eigenvalue weighted by Crippen LogP contribution is -2.32. The SMILES string of the molecule is O=C(/C=C/c1cccc([N+](=O)[O-])c1)NC(=S)Nc1ccc(C(=O)NCc2ccco2)cc1. The molecule has 0 fully saturated rings. The fourth-order valence-corrected chi connectivity index (χ4v) is 2.84. The van der Waals surface area contributed by atoms with Crippen LogP contribution in [0.2, 0.25) is 0 Å². The smallest absolute Gasteiger partial charge is 0.270 e. The number of hydrogen-bond acceptors (Lipinski definition) is 6. The number of benzene rings is 2. The molecule has 32 heavy (non-hydrogen) atoms. The van der Waals surface area contributed by atoms with Crippen molar-refractivity contribution in [3.05, 3.63) is 100 Å². The molecule has 1 aromatic heterocycles. The third-order valence-electron chi connectivity index (χ3n) is 4.15. The lowest BCUT2D eigenvalue weighted by molar-refractivity contribution is -0.384. The number of non-ortho nitro benzene ring substituents is 1. The Morgan fingerprint density at radius 2 is 1.88 bits per heavy atom. The summed E-state index contributed by atoms with van der Waals surface area (Å²) < 4.78 is 5.17. The van der Waals surface area contributed by atoms with Crippen molar-refractivity contribution >= 4 is 46.6 Å². The molecule has 0 radical (unpaired) electrons. The first-order valence-electron chi connectivity index (χ1n) is 9.36. The van der Waals surface area contributed by atoms with E-state index in [4.69, 9.17) is 16.6 Å². The molecule has 2 amide bonds. The van der Waals surface area contributed by atoms with Crippen LogP contribution in [0, 0.1) is 10.1 Å². The Morgan fingerprint density at radius 1 is 1.09 bits per heavy atom. The van der Waals surface area contributed by atoms with Gasteiger partial charge in [-0.1, -0.05) is 12.1 Å². The van der Waals surface area contributed by atoms with Crippen LogP contribution in [0.4, 0.5) is 11.4 Å². The number of nitro groups is 1. The highest BCUT2D eigenvalue weighted by molar-refractivity contribution is 7.80. The molecule has 0 bridgehead atoms. The van der Waals surface area contributed by atoms with Gasteiger partial charge in [-0.25, -0.2) is 0 Å². The predicted octanol–water partition coefficient (Wildman–Crippen LogP) is 3.64. The maximum absolute atomic E-state index is 12.2. The van der Waals surface area contributed by atoms with E-state index in [9.17, 15) is 19.7 Å². The molecule has 0 unspecified atom stereocenters. The van der Waals surface area contributed by atoms with Crippen LogP contribution in [0.15, 0.2) is 77.4 Å². The van der Waals surface area contributed by atoms with Crippen molar-refractivity contribution in [2.24, 2.45) is 0 Å². The average Bonchev–Trinajstić information content (AvgIpc) is 3.30. The molecule has 9 nitrogen and oxygen atoms in total. The monoisotopic (exact) mass is 450 g/mol. The summed E-state index contributed by atoms with van der Waals surface area (Å²) in [7, 11) is 0. The highest BCUT2D eigenvalue weighted by atomic mass is 32.1. The number of nitrogens with zero attached hydrogens (tertiary/aromatic N) is 1. The largest absolute Gasteiger partial charge is 0.467 e. The maximum Gasteiger partial charge on any atom is 0.270 e. The zero-order valence-electron chi connectivity index (χ0n) is 16.6. The quantitative estimate of drug-likeness (QED) is 0.217. The van der Waals surface area contributed by atoms with Gasteiger partial charge in [-0.2, -0.15) is 0 Å². The van der Waals surface area contributed by atoms with Crippen molar-refractivity contribution in [1.82, 2.24) is 10.6 Å². The van der Waals surface area contributed by atoms with Gasteiger partial charge in [0.1, 0.15) is 5.76 Å². The molecule has 0 aliphatic heterocycles. The topological polar surface area (TPSA) is 127 Å². The van der Waals surface area contributed by atoms with Crippen molar-refractivity contribution < 1.29 is 18.9 Å². The lowest BCUT2D eigenvalue weighted by atomic mass is 10.2. The summed E-state index contributed by atoms with van der Waals surface area (Å²) in [6.07, 6.45) is 4.20. The zero-order valence-corrected chi connectivity index (χ0v) is 17.4. The van der Waals surface area contributed by atoms with Crippen molar-refractivity contribution in [2.75, 3.05) is 5.32 Å². The Hall–Kier alpha value is -4.31. The minimum absolute atomic E-state index is 0.0636. The molecule has 0 atom stereocenters. The summed E-state index contributed by atoms with van der Waals surface area (Å²) >= 11 is 5.11. The molecule has 0 saturated heterocycles. The number of carbonyl (C=O) groups is 2. The van der Waals surface area contributed by atoms with Crippen LogP contribution in [-0.4, -0.2) is 21.9 Å². The summed E-state index contributed by atoms with van der Waals surface area (Å²) in [4.78, 5) is 34.5. The Morgan fingerprint density at radius 3 is 2.56 bits per heavy atom. The molecule has 162 valence electrons. The van der Waals surface area contributed by atoms with E-state index in [1.807, 2.05) is 0 Å². The van der Waals surface area contributed by atoms with E-state index < -0.39 is 10.8 Å². The zero-order chi connectivity index (χ0) is 22.9. The van der Waals surface area contributed by atoms with Crippen molar-refractivity contribution in [3.8, 4) is 0 Å². The molecule has 3 N–H and O–H groups in total. The number of furan rings is 1. The molecular weight excluding hydrogens is 432 g/mol. The normalized spacial score (nSPS) is 10.5. The molecule has 0 saturated carbocycles. The number of anilines is 1. The average molecular weight is 450 g/mol. The number of amides is 2. The summed E-state index contributed by atoms with van der Waals surface area (Å²) in [5, 5.41) is 18.9. The first-order valence-corrected chi connectivity index (χ1v) is 9.77. The van der Waals surface area contributed by atoms with E-state index >= 15 is 0 Å². The maximum atomic E-state index is 12.2. The van der Waals surface area contributed by atoms with Crippen LogP contribution in [0.3, 0.4) is 0 Å². The van der Waals surface area contributed by atoms with Crippen LogP contribution in [0.1, 0.15) is 21.7 Å². The van der Waals surface area contributed by atoms with Crippen LogP contribution in [-0.2, 0) is 11.3 Å². The highest BCUT2D eigenvalue weighted by Gasteiger charge is 2.08. The van der Waals surface area contributed by atoms with E-state index in [-0.39, 0.29) is 23.3 Å². The molecular formula is C22H18N4O5S. The van der Waals surface area contributed by atoms with Gasteiger partial charge in [0.25, 0.3) is 11.6 Å². The Bertz CT molecular complexity index is 1160. The molecule has 0 spiro atoms. The molecule has 3 aromatic rings. The minimum atomic E-state index is -0.509. The van der Waals surface area contributed by atoms with Crippen molar-refractivity contribution in [1.29, 1.82) is 0 Å². The summed E-state index contributed by atoms with van der Waals surface area (Å²) in [5.74, 6) is -0.102. The lowest BCUT2D eigenvalue weighted by Gasteiger charge is -2.09. The van der Waals surface area contributed by atoms with Crippen LogP contribution in [0.25, 0.3) is 6.08 Å². The second kappa shape index (κ2) is 10.6. The van der Waals surface area contributed by atoms with Crippen molar-refractivity contribution in [2.45, 2.75) is 6.54 Å². The van der Waals surface area contributed by atoms with Crippen molar-refractivity contribution in [3.63, 3.8) is 0 Å². The van der Waals surface area contributed by atoms with Gasteiger partial charge < -0.3 is 15.1 Å². The molecule has 0 aliphatic carbocycles. The molecule has 10 heteroatoms. The predicted molar refractivity (Wildman–Crippen MR) is 123 cm³/mol. The van der Waals surface area contributed by atoms with Gasteiger partial charge in [0.05, 0.1) is 17.7 Å². The van der Waals surface area contributed by atoms with Gasteiger partial charge in [0, 0.05) is 29.5 Å². The van der Waals surface area contributed by atoms with E-state index in [1.165, 1.54) is 36.6 Å². The molecule has 2 aromatic carbocycles. The molecule has 0 aliphatic rings. The summed E-state index contributed by atoms with van der Waals surface area (Å²) in [6.45, 7) is 0.284. The Labute approximate surface area is 188 Å². The number of nitrogens with one attached hydrogen (secondary N) is 3. The summed E-state index contributed by atoms with van der Waals surface area (Å²) in [5.41, 5.74) is 1.48. The van der Waals surface area contributed by atoms with E-state index in [0.717, 1.165) is 0 Å². The van der Waals surface area contributed by atoms with Crippen LogP contribution in [0.5, 0.6) is 0 Å². The highest BCUT2D eigenvalue weighted by Crippen LogP contribution is 2.14.